The van der Waals surface area contributed by atoms with E-state index in [-0.39, 0.29) is 12.5 Å². The van der Waals surface area contributed by atoms with E-state index in [2.05, 4.69) is 4.98 Å². The summed E-state index contributed by atoms with van der Waals surface area (Å²) in [6.45, 7) is 0.133. The summed E-state index contributed by atoms with van der Waals surface area (Å²) in [5.74, 6) is -2.61. The molecule has 0 aliphatic carbocycles. The van der Waals surface area contributed by atoms with Crippen LogP contribution in [-0.2, 0) is 6.61 Å². The van der Waals surface area contributed by atoms with Crippen molar-refractivity contribution in [1.29, 1.82) is 0 Å². The first-order valence-corrected chi connectivity index (χ1v) is 5.23. The van der Waals surface area contributed by atoms with E-state index in [1.165, 1.54) is 6.20 Å². The Hall–Kier alpha value is -2.43. The van der Waals surface area contributed by atoms with Crippen molar-refractivity contribution in [3.05, 3.63) is 59.5 Å². The van der Waals surface area contributed by atoms with Gasteiger partial charge in [0.15, 0.2) is 5.82 Å². The second-order valence-electron chi connectivity index (χ2n) is 3.56. The van der Waals surface area contributed by atoms with Crippen LogP contribution in [0.15, 0.2) is 42.6 Å². The van der Waals surface area contributed by atoms with Gasteiger partial charge < -0.3 is 9.84 Å². The summed E-state index contributed by atoms with van der Waals surface area (Å²) in [6, 6.07) is 10.2. The lowest BCUT2D eigenvalue weighted by atomic mass is 10.2. The first-order chi connectivity index (χ1) is 8.68. The molecule has 1 N–H and O–H groups in total. The van der Waals surface area contributed by atoms with Crippen LogP contribution in [0, 0.1) is 5.82 Å². The number of carbonyl (C=O) groups is 1. The van der Waals surface area contributed by atoms with E-state index in [9.17, 15) is 9.18 Å². The third-order valence-corrected chi connectivity index (χ3v) is 2.31. The van der Waals surface area contributed by atoms with Crippen molar-refractivity contribution in [2.75, 3.05) is 0 Å². The summed E-state index contributed by atoms with van der Waals surface area (Å²) in [5, 5.41) is 8.75. The highest BCUT2D eigenvalue weighted by Crippen LogP contribution is 2.18. The van der Waals surface area contributed by atoms with Crippen molar-refractivity contribution in [3.8, 4) is 5.88 Å². The molecule has 18 heavy (non-hydrogen) atoms. The van der Waals surface area contributed by atoms with Crippen molar-refractivity contribution < 1.29 is 19.0 Å². The molecule has 0 unspecified atom stereocenters. The molecule has 0 saturated carbocycles. The van der Waals surface area contributed by atoms with Crippen LogP contribution < -0.4 is 4.74 Å². The number of benzene rings is 1. The van der Waals surface area contributed by atoms with Gasteiger partial charge in [0.1, 0.15) is 12.2 Å². The van der Waals surface area contributed by atoms with Crippen molar-refractivity contribution in [2.24, 2.45) is 0 Å². The number of halogens is 1. The fraction of sp³-hybridized carbons (Fsp3) is 0.0769. The first-order valence-electron chi connectivity index (χ1n) is 5.23. The molecule has 0 amide bonds. The topological polar surface area (TPSA) is 59.4 Å². The van der Waals surface area contributed by atoms with Gasteiger partial charge in [-0.2, -0.15) is 0 Å². The summed E-state index contributed by atoms with van der Waals surface area (Å²) in [7, 11) is 0. The van der Waals surface area contributed by atoms with E-state index in [1.807, 2.05) is 30.3 Å². The number of hydrogen-bond donors (Lipinski definition) is 1. The van der Waals surface area contributed by atoms with E-state index >= 15 is 0 Å². The Morgan fingerprint density at radius 3 is 2.67 bits per heavy atom. The van der Waals surface area contributed by atoms with Gasteiger partial charge in [-0.1, -0.05) is 30.3 Å². The number of aromatic carboxylic acids is 1. The van der Waals surface area contributed by atoms with Crippen LogP contribution in [0.3, 0.4) is 0 Å². The molecule has 0 bridgehead atoms. The molecule has 92 valence electrons. The zero-order valence-electron chi connectivity index (χ0n) is 9.34. The molecule has 0 spiro atoms. The third-order valence-electron chi connectivity index (χ3n) is 2.31. The lowest BCUT2D eigenvalue weighted by molar-refractivity contribution is 0.0690. The molecule has 0 aliphatic rings. The van der Waals surface area contributed by atoms with Gasteiger partial charge in [-0.25, -0.2) is 14.2 Å². The maximum Gasteiger partial charge on any atom is 0.338 e. The molecule has 0 fully saturated rings. The summed E-state index contributed by atoms with van der Waals surface area (Å²) in [6.07, 6.45) is 1.20. The zero-order chi connectivity index (χ0) is 13.0. The molecule has 1 aromatic carbocycles. The number of pyridine rings is 1. The quantitative estimate of drug-likeness (QED) is 0.901. The molecule has 2 aromatic rings. The fourth-order valence-corrected chi connectivity index (χ4v) is 1.42. The Morgan fingerprint density at radius 1 is 1.28 bits per heavy atom. The molecule has 0 aliphatic heterocycles. The van der Waals surface area contributed by atoms with Crippen LogP contribution >= 0.6 is 0 Å². The molecule has 5 heteroatoms. The zero-order valence-corrected chi connectivity index (χ0v) is 9.34. The first kappa shape index (κ1) is 12.0. The molecule has 1 heterocycles. The van der Waals surface area contributed by atoms with Gasteiger partial charge in [-0.05, 0) is 11.6 Å². The highest BCUT2D eigenvalue weighted by molar-refractivity contribution is 5.88. The Bertz CT molecular complexity index is 557. The van der Waals surface area contributed by atoms with Crippen molar-refractivity contribution in [1.82, 2.24) is 4.98 Å². The summed E-state index contributed by atoms with van der Waals surface area (Å²) < 4.78 is 18.8. The van der Waals surface area contributed by atoms with Gasteiger partial charge in [-0.15, -0.1) is 0 Å². The summed E-state index contributed by atoms with van der Waals surface area (Å²) in [5.41, 5.74) is 0.396. The maximum absolute atomic E-state index is 13.7. The summed E-state index contributed by atoms with van der Waals surface area (Å²) in [4.78, 5) is 14.4. The van der Waals surface area contributed by atoms with Gasteiger partial charge in [0.25, 0.3) is 5.88 Å². The normalized spacial score (nSPS) is 10.1. The van der Waals surface area contributed by atoms with Crippen LogP contribution in [0.2, 0.25) is 0 Å². The largest absolute Gasteiger partial charge is 0.478 e. The predicted molar refractivity (Wildman–Crippen MR) is 61.9 cm³/mol. The van der Waals surface area contributed by atoms with E-state index in [0.29, 0.717) is 0 Å². The lowest BCUT2D eigenvalue weighted by Crippen LogP contribution is -2.05. The van der Waals surface area contributed by atoms with Gasteiger partial charge in [0, 0.05) is 6.20 Å². The number of carboxylic acid groups (broad SMARTS) is 1. The Labute approximate surface area is 103 Å². The molecule has 4 nitrogen and oxygen atoms in total. The molecule has 1 aromatic heterocycles. The van der Waals surface area contributed by atoms with E-state index in [1.54, 1.807) is 0 Å². The van der Waals surface area contributed by atoms with Crippen LogP contribution in [0.4, 0.5) is 4.39 Å². The van der Waals surface area contributed by atoms with Gasteiger partial charge in [-0.3, -0.25) is 0 Å². The van der Waals surface area contributed by atoms with Crippen molar-refractivity contribution in [3.63, 3.8) is 0 Å². The van der Waals surface area contributed by atoms with Crippen LogP contribution in [0.25, 0.3) is 0 Å². The van der Waals surface area contributed by atoms with Crippen LogP contribution in [0.5, 0.6) is 5.88 Å². The van der Waals surface area contributed by atoms with E-state index in [0.717, 1.165) is 11.6 Å². The summed E-state index contributed by atoms with van der Waals surface area (Å²) >= 11 is 0. The van der Waals surface area contributed by atoms with Crippen LogP contribution in [0.1, 0.15) is 15.9 Å². The second-order valence-corrected chi connectivity index (χ2v) is 3.56. The third kappa shape index (κ3) is 2.63. The van der Waals surface area contributed by atoms with Gasteiger partial charge >= 0.3 is 5.97 Å². The number of hydrogen-bond acceptors (Lipinski definition) is 3. The molecule has 0 atom stereocenters. The number of nitrogens with zero attached hydrogens (tertiary/aromatic N) is 1. The van der Waals surface area contributed by atoms with Crippen molar-refractivity contribution in [2.45, 2.75) is 6.61 Å². The van der Waals surface area contributed by atoms with Gasteiger partial charge in [0.2, 0.25) is 0 Å². The minimum absolute atomic E-state index is 0.133. The molecular formula is C13H10FNO3. The highest BCUT2D eigenvalue weighted by atomic mass is 19.1. The Kier molecular flexibility index (Phi) is 3.52. The lowest BCUT2D eigenvalue weighted by Gasteiger charge is -2.07. The Morgan fingerprint density at radius 2 is 2.00 bits per heavy atom. The minimum atomic E-state index is -1.35. The molecule has 0 saturated heterocycles. The maximum atomic E-state index is 13.7. The second kappa shape index (κ2) is 5.27. The average Bonchev–Trinajstić information content (AvgIpc) is 2.38. The molecular weight excluding hydrogens is 237 g/mol. The van der Waals surface area contributed by atoms with E-state index < -0.39 is 17.3 Å². The standard InChI is InChI=1S/C13H10FNO3/c14-11-10(13(16)17)6-7-15-12(11)18-8-9-4-2-1-3-5-9/h1-7H,8H2,(H,16,17). The smallest absolute Gasteiger partial charge is 0.338 e. The number of aromatic nitrogens is 1. The highest BCUT2D eigenvalue weighted by Gasteiger charge is 2.16. The average molecular weight is 247 g/mol. The predicted octanol–water partition coefficient (Wildman–Crippen LogP) is 2.50. The molecule has 2 rings (SSSR count). The minimum Gasteiger partial charge on any atom is -0.478 e. The fourth-order valence-electron chi connectivity index (χ4n) is 1.42. The SMILES string of the molecule is O=C(O)c1ccnc(OCc2ccccc2)c1F. The van der Waals surface area contributed by atoms with Crippen molar-refractivity contribution >= 4 is 5.97 Å². The number of rotatable bonds is 4. The van der Waals surface area contributed by atoms with Gasteiger partial charge in [0.05, 0.1) is 0 Å². The Balaban J connectivity index is 2.15. The number of ether oxygens (including phenoxy) is 1. The number of carboxylic acids is 1. The monoisotopic (exact) mass is 247 g/mol. The van der Waals surface area contributed by atoms with Crippen LogP contribution in [-0.4, -0.2) is 16.1 Å². The molecule has 0 radical (unpaired) electrons. The van der Waals surface area contributed by atoms with E-state index in [4.69, 9.17) is 9.84 Å².